The fourth-order valence-electron chi connectivity index (χ4n) is 6.69. The average Bonchev–Trinajstić information content (AvgIpc) is 3.85. The molecule has 1 saturated carbocycles. The molecule has 0 bridgehead atoms. The number of carboxylic acids is 1. The number of amides is 1. The predicted molar refractivity (Wildman–Crippen MR) is 190 cm³/mol. The van der Waals surface area contributed by atoms with Crippen LogP contribution >= 0.6 is 0 Å². The van der Waals surface area contributed by atoms with Gasteiger partial charge in [0.25, 0.3) is 5.91 Å². The maximum absolute atomic E-state index is 12.8. The first-order valence-corrected chi connectivity index (χ1v) is 16.8. The summed E-state index contributed by atoms with van der Waals surface area (Å²) in [6.07, 6.45) is 5.82. The molecule has 13 nitrogen and oxygen atoms in total. The van der Waals surface area contributed by atoms with E-state index in [4.69, 9.17) is 24.3 Å². The molecule has 0 radical (unpaired) electrons. The highest BCUT2D eigenvalue weighted by Crippen LogP contribution is 2.38. The van der Waals surface area contributed by atoms with E-state index in [9.17, 15) is 9.59 Å². The second-order valence-corrected chi connectivity index (χ2v) is 12.4. The van der Waals surface area contributed by atoms with Gasteiger partial charge in [-0.25, -0.2) is 4.98 Å². The second kappa shape index (κ2) is 14.7. The molecule has 0 aliphatic heterocycles. The molecule has 260 valence electrons. The van der Waals surface area contributed by atoms with Crippen molar-refractivity contribution in [1.82, 2.24) is 35.5 Å². The minimum atomic E-state index is -1.12. The number of hydrogen-bond donors (Lipinski definition) is 3. The van der Waals surface area contributed by atoms with E-state index >= 15 is 0 Å². The number of carbonyl (C=O) groups is 2. The summed E-state index contributed by atoms with van der Waals surface area (Å²) in [6.45, 7) is -0.342. The number of aromatic amines is 1. The number of fused-ring (bicyclic) bond motifs is 1. The minimum Gasteiger partial charge on any atom is -0.493 e. The fraction of sp³-hybridized carbons (Fsp3) is 0.263. The summed E-state index contributed by atoms with van der Waals surface area (Å²) in [6, 6.07) is 25.1. The molecule has 1 aliphatic carbocycles. The number of tetrazole rings is 1. The summed E-state index contributed by atoms with van der Waals surface area (Å²) in [7, 11) is 3.15. The molecule has 0 atom stereocenters. The number of carbonyl (C=O) groups excluding carboxylic acids is 1. The Hall–Kier alpha value is -6.24. The van der Waals surface area contributed by atoms with Gasteiger partial charge in [-0.3, -0.25) is 9.59 Å². The van der Waals surface area contributed by atoms with Gasteiger partial charge in [-0.05, 0) is 101 Å². The number of benzene rings is 4. The number of carboxylic acid groups (broad SMARTS) is 1. The number of imidazole rings is 1. The van der Waals surface area contributed by atoms with Crippen LogP contribution in [-0.4, -0.2) is 67.9 Å². The van der Waals surface area contributed by atoms with Gasteiger partial charge in [0, 0.05) is 22.7 Å². The van der Waals surface area contributed by atoms with E-state index in [0.29, 0.717) is 34.7 Å². The molecule has 0 spiro atoms. The highest BCUT2D eigenvalue weighted by Gasteiger charge is 2.23. The minimum absolute atomic E-state index is 0.141. The topological polar surface area (TPSA) is 166 Å². The molecule has 2 heterocycles. The number of aliphatic carboxylic acids is 1. The average molecular weight is 688 g/mol. The third-order valence-corrected chi connectivity index (χ3v) is 9.20. The Labute approximate surface area is 293 Å². The van der Waals surface area contributed by atoms with Crippen LogP contribution < -0.4 is 19.5 Å². The summed E-state index contributed by atoms with van der Waals surface area (Å²) >= 11 is 0. The summed E-state index contributed by atoms with van der Waals surface area (Å²) in [5.74, 6) is 1.58. The molecule has 4 aromatic carbocycles. The molecule has 3 N–H and O–H groups in total. The molecule has 2 aromatic heterocycles. The highest BCUT2D eigenvalue weighted by atomic mass is 16.5. The van der Waals surface area contributed by atoms with Crippen LogP contribution in [0.15, 0.2) is 78.9 Å². The van der Waals surface area contributed by atoms with Gasteiger partial charge in [0.15, 0.2) is 11.5 Å². The van der Waals surface area contributed by atoms with E-state index in [0.717, 1.165) is 57.5 Å². The van der Waals surface area contributed by atoms with Crippen LogP contribution in [0.3, 0.4) is 0 Å². The molecule has 1 fully saturated rings. The summed E-state index contributed by atoms with van der Waals surface area (Å²) < 4.78 is 19.6. The van der Waals surface area contributed by atoms with Gasteiger partial charge >= 0.3 is 5.97 Å². The maximum atomic E-state index is 12.8. The summed E-state index contributed by atoms with van der Waals surface area (Å²) in [5.41, 5.74) is 6.45. The number of rotatable bonds is 12. The van der Waals surface area contributed by atoms with E-state index in [-0.39, 0.29) is 6.61 Å². The SMILES string of the molecule is COc1ccc(-c2ccc(C(=O)NCC(=O)O)cc2COc2ccc(-c3nc4cc(-c5nn[nH]n5)ccc4n3C3CCCCC3)cc2)cc1OC. The van der Waals surface area contributed by atoms with Crippen LogP contribution in [0.1, 0.15) is 54.1 Å². The second-order valence-electron chi connectivity index (χ2n) is 12.4. The Morgan fingerprint density at radius 3 is 2.37 bits per heavy atom. The number of nitrogens with one attached hydrogen (secondary N) is 2. The van der Waals surface area contributed by atoms with Crippen molar-refractivity contribution in [3.05, 3.63) is 90.0 Å². The third-order valence-electron chi connectivity index (χ3n) is 9.20. The first-order valence-electron chi connectivity index (χ1n) is 16.8. The lowest BCUT2D eigenvalue weighted by Crippen LogP contribution is -2.29. The molecule has 13 heteroatoms. The van der Waals surface area contributed by atoms with E-state index in [1.807, 2.05) is 60.7 Å². The first-order chi connectivity index (χ1) is 24.9. The summed E-state index contributed by atoms with van der Waals surface area (Å²) in [4.78, 5) is 29.0. The first kappa shape index (κ1) is 33.3. The van der Waals surface area contributed by atoms with Crippen molar-refractivity contribution in [2.45, 2.75) is 44.8 Å². The van der Waals surface area contributed by atoms with Gasteiger partial charge < -0.3 is 29.2 Å². The molecule has 51 heavy (non-hydrogen) atoms. The van der Waals surface area contributed by atoms with Gasteiger partial charge in [0.05, 0.1) is 25.3 Å². The van der Waals surface area contributed by atoms with Crippen molar-refractivity contribution in [1.29, 1.82) is 0 Å². The molecular formula is C38H37N7O6. The van der Waals surface area contributed by atoms with Crippen molar-refractivity contribution >= 4 is 22.9 Å². The summed E-state index contributed by atoms with van der Waals surface area (Å²) in [5, 5.41) is 26.0. The number of methoxy groups -OCH3 is 2. The van der Waals surface area contributed by atoms with Gasteiger partial charge in [0.2, 0.25) is 5.82 Å². The van der Waals surface area contributed by atoms with E-state index in [2.05, 4.69) is 36.6 Å². The standard InChI is InChI=1S/C38H37N7O6/c1-49-33-17-12-24(20-34(33)50-2)30-15-10-26(38(48)39-21-35(46)47)18-27(30)22-51-29-13-8-23(9-14-29)37-40-31-19-25(36-41-43-44-42-36)11-16-32(31)45(37)28-6-4-3-5-7-28/h8-20,28H,3-7,21-22H2,1-2H3,(H,39,48)(H,46,47)(H,41,42,43,44). The van der Waals surface area contributed by atoms with Crippen molar-refractivity contribution in [3.8, 4) is 51.2 Å². The van der Waals surface area contributed by atoms with Crippen LogP contribution in [0.5, 0.6) is 17.2 Å². The van der Waals surface area contributed by atoms with Gasteiger partial charge in [0.1, 0.15) is 24.7 Å². The molecular weight excluding hydrogens is 650 g/mol. The van der Waals surface area contributed by atoms with Crippen LogP contribution in [-0.2, 0) is 11.4 Å². The largest absolute Gasteiger partial charge is 0.493 e. The van der Waals surface area contributed by atoms with Crippen LogP contribution in [0.4, 0.5) is 0 Å². The van der Waals surface area contributed by atoms with Crippen molar-refractivity contribution in [2.24, 2.45) is 0 Å². The number of hydrogen-bond acceptors (Lipinski definition) is 9. The van der Waals surface area contributed by atoms with E-state index in [1.165, 1.54) is 19.3 Å². The number of aromatic nitrogens is 6. The molecule has 1 amide bonds. The molecule has 6 aromatic rings. The van der Waals surface area contributed by atoms with Gasteiger partial charge in [-0.2, -0.15) is 5.21 Å². The molecule has 1 aliphatic rings. The molecule has 7 rings (SSSR count). The lowest BCUT2D eigenvalue weighted by molar-refractivity contribution is -0.135. The molecule has 0 unspecified atom stereocenters. The van der Waals surface area contributed by atoms with Crippen LogP contribution in [0.25, 0.3) is 44.9 Å². The lowest BCUT2D eigenvalue weighted by Gasteiger charge is -2.25. The lowest BCUT2D eigenvalue weighted by atomic mass is 9.94. The number of ether oxygens (including phenoxy) is 3. The zero-order valence-electron chi connectivity index (χ0n) is 28.3. The number of nitrogens with zero attached hydrogens (tertiary/aromatic N) is 5. The Kier molecular flexibility index (Phi) is 9.59. The maximum Gasteiger partial charge on any atom is 0.322 e. The highest BCUT2D eigenvalue weighted by molar-refractivity contribution is 5.96. The number of H-pyrrole nitrogens is 1. The Balaban J connectivity index is 1.18. The van der Waals surface area contributed by atoms with Crippen molar-refractivity contribution in [3.63, 3.8) is 0 Å². The Morgan fingerprint density at radius 2 is 1.65 bits per heavy atom. The zero-order chi connectivity index (χ0) is 35.3. The monoisotopic (exact) mass is 687 g/mol. The fourth-order valence-corrected chi connectivity index (χ4v) is 6.69. The van der Waals surface area contributed by atoms with Crippen molar-refractivity contribution in [2.75, 3.05) is 20.8 Å². The third kappa shape index (κ3) is 7.09. The normalized spacial score (nSPS) is 13.2. The van der Waals surface area contributed by atoms with Crippen molar-refractivity contribution < 1.29 is 28.9 Å². The van der Waals surface area contributed by atoms with Crippen LogP contribution in [0.2, 0.25) is 0 Å². The Bertz CT molecular complexity index is 2170. The predicted octanol–water partition coefficient (Wildman–Crippen LogP) is 6.47. The van der Waals surface area contributed by atoms with Gasteiger partial charge in [-0.1, -0.05) is 31.4 Å². The Morgan fingerprint density at radius 1 is 0.882 bits per heavy atom. The quantitative estimate of drug-likeness (QED) is 0.130. The van der Waals surface area contributed by atoms with Crippen LogP contribution in [0, 0.1) is 0 Å². The smallest absolute Gasteiger partial charge is 0.322 e. The van der Waals surface area contributed by atoms with Gasteiger partial charge in [-0.15, -0.1) is 10.2 Å². The molecule has 0 saturated heterocycles. The van der Waals surface area contributed by atoms with E-state index in [1.54, 1.807) is 26.4 Å². The zero-order valence-corrected chi connectivity index (χ0v) is 28.3. The van der Waals surface area contributed by atoms with E-state index < -0.39 is 18.4 Å².